The Morgan fingerprint density at radius 2 is 1.86 bits per heavy atom. The van der Waals surface area contributed by atoms with E-state index >= 15 is 0 Å². The summed E-state index contributed by atoms with van der Waals surface area (Å²) in [6.45, 7) is 6.57. The van der Waals surface area contributed by atoms with Crippen LogP contribution in [0.2, 0.25) is 5.02 Å². The summed E-state index contributed by atoms with van der Waals surface area (Å²) in [6.07, 6.45) is 5.67. The van der Waals surface area contributed by atoms with E-state index in [9.17, 15) is 4.39 Å². The van der Waals surface area contributed by atoms with E-state index in [-0.39, 0.29) is 22.4 Å². The highest BCUT2D eigenvalue weighted by molar-refractivity contribution is 6.31. The molecule has 1 heterocycles. The summed E-state index contributed by atoms with van der Waals surface area (Å²) in [5.74, 6) is -0.367. The molecule has 1 saturated heterocycles. The number of benzene rings is 1. The molecule has 0 saturated carbocycles. The summed E-state index contributed by atoms with van der Waals surface area (Å²) in [5.41, 5.74) is 7.15. The van der Waals surface area contributed by atoms with Crippen LogP contribution in [0.3, 0.4) is 0 Å². The van der Waals surface area contributed by atoms with Gasteiger partial charge >= 0.3 is 0 Å². The standard InChI is InChI=1S/C17H26ClFN2/c1-17(2,21-10-5-3-4-6-11-21)15(20)12-13-8-7-9-14(19)16(13)18/h7-9,15H,3-6,10-12,20H2,1-2H3. The second-order valence-corrected chi connectivity index (χ2v) is 6.96. The van der Waals surface area contributed by atoms with Crippen LogP contribution in [0, 0.1) is 5.82 Å². The van der Waals surface area contributed by atoms with Crippen molar-refractivity contribution in [3.8, 4) is 0 Å². The van der Waals surface area contributed by atoms with Crippen molar-refractivity contribution in [2.75, 3.05) is 13.1 Å². The largest absolute Gasteiger partial charge is 0.326 e. The van der Waals surface area contributed by atoms with Gasteiger partial charge in [0, 0.05) is 11.6 Å². The summed E-state index contributed by atoms with van der Waals surface area (Å²) < 4.78 is 13.6. The van der Waals surface area contributed by atoms with Crippen molar-refractivity contribution in [2.45, 2.75) is 57.5 Å². The monoisotopic (exact) mass is 312 g/mol. The predicted octanol–water partition coefficient (Wildman–Crippen LogP) is 4.00. The molecule has 118 valence electrons. The van der Waals surface area contributed by atoms with E-state index in [1.54, 1.807) is 6.07 Å². The maximum atomic E-state index is 13.6. The molecular weight excluding hydrogens is 287 g/mol. The SMILES string of the molecule is CC(C)(C(N)Cc1cccc(F)c1Cl)N1CCCCCC1. The molecule has 0 aromatic heterocycles. The number of nitrogens with zero attached hydrogens (tertiary/aromatic N) is 1. The van der Waals surface area contributed by atoms with E-state index in [0.29, 0.717) is 6.42 Å². The van der Waals surface area contributed by atoms with Crippen molar-refractivity contribution in [3.63, 3.8) is 0 Å². The van der Waals surface area contributed by atoms with Gasteiger partial charge in [-0.3, -0.25) is 4.90 Å². The maximum Gasteiger partial charge on any atom is 0.142 e. The number of hydrogen-bond acceptors (Lipinski definition) is 2. The van der Waals surface area contributed by atoms with E-state index in [0.717, 1.165) is 18.7 Å². The second kappa shape index (κ2) is 7.08. The summed E-state index contributed by atoms with van der Waals surface area (Å²) in [4.78, 5) is 2.48. The predicted molar refractivity (Wildman–Crippen MR) is 87.2 cm³/mol. The molecule has 1 aliphatic heterocycles. The average Bonchev–Trinajstić information content (AvgIpc) is 2.73. The fourth-order valence-electron chi connectivity index (χ4n) is 3.07. The first-order valence-corrected chi connectivity index (χ1v) is 8.24. The third-order valence-corrected chi connectivity index (χ3v) is 5.22. The van der Waals surface area contributed by atoms with E-state index in [1.807, 2.05) is 6.07 Å². The quantitative estimate of drug-likeness (QED) is 0.910. The molecular formula is C17H26ClFN2. The number of likely N-dealkylation sites (tertiary alicyclic amines) is 1. The van der Waals surface area contributed by atoms with E-state index in [1.165, 1.54) is 31.7 Å². The Kier molecular flexibility index (Phi) is 5.64. The van der Waals surface area contributed by atoms with E-state index in [2.05, 4.69) is 18.7 Å². The van der Waals surface area contributed by atoms with E-state index in [4.69, 9.17) is 17.3 Å². The van der Waals surface area contributed by atoms with Crippen LogP contribution < -0.4 is 5.73 Å². The van der Waals surface area contributed by atoms with Crippen LogP contribution in [-0.4, -0.2) is 29.6 Å². The molecule has 0 radical (unpaired) electrons. The lowest BCUT2D eigenvalue weighted by molar-refractivity contribution is 0.0979. The van der Waals surface area contributed by atoms with Crippen molar-refractivity contribution in [3.05, 3.63) is 34.6 Å². The minimum Gasteiger partial charge on any atom is -0.326 e. The molecule has 21 heavy (non-hydrogen) atoms. The average molecular weight is 313 g/mol. The summed E-state index contributed by atoms with van der Waals surface area (Å²) in [7, 11) is 0. The first-order valence-electron chi connectivity index (χ1n) is 7.86. The van der Waals surface area contributed by atoms with Crippen LogP contribution in [0.25, 0.3) is 0 Å². The van der Waals surface area contributed by atoms with Crippen molar-refractivity contribution in [1.82, 2.24) is 4.90 Å². The van der Waals surface area contributed by atoms with Gasteiger partial charge in [0.1, 0.15) is 5.82 Å². The smallest absolute Gasteiger partial charge is 0.142 e. The Morgan fingerprint density at radius 1 is 1.24 bits per heavy atom. The topological polar surface area (TPSA) is 29.3 Å². The third kappa shape index (κ3) is 3.97. The lowest BCUT2D eigenvalue weighted by Crippen LogP contribution is -2.57. The molecule has 0 spiro atoms. The zero-order valence-electron chi connectivity index (χ0n) is 13.0. The van der Waals surface area contributed by atoms with Crippen LogP contribution in [0.15, 0.2) is 18.2 Å². The molecule has 4 heteroatoms. The van der Waals surface area contributed by atoms with Gasteiger partial charge in [0.05, 0.1) is 5.02 Å². The first kappa shape index (κ1) is 16.7. The molecule has 0 bridgehead atoms. The Hall–Kier alpha value is -0.640. The molecule has 1 aromatic carbocycles. The van der Waals surface area contributed by atoms with Gasteiger partial charge in [0.25, 0.3) is 0 Å². The van der Waals surface area contributed by atoms with Crippen molar-refractivity contribution in [1.29, 1.82) is 0 Å². The van der Waals surface area contributed by atoms with Gasteiger partial charge in [0.15, 0.2) is 0 Å². The zero-order chi connectivity index (χ0) is 15.5. The van der Waals surface area contributed by atoms with Gasteiger partial charge in [-0.2, -0.15) is 0 Å². The molecule has 2 rings (SSSR count). The lowest BCUT2D eigenvalue weighted by atomic mass is 9.88. The minimum atomic E-state index is -0.367. The lowest BCUT2D eigenvalue weighted by Gasteiger charge is -2.42. The van der Waals surface area contributed by atoms with Gasteiger partial charge in [-0.05, 0) is 57.8 Å². The van der Waals surface area contributed by atoms with Crippen LogP contribution >= 0.6 is 11.6 Å². The number of nitrogens with two attached hydrogens (primary N) is 1. The van der Waals surface area contributed by atoms with Crippen molar-refractivity contribution in [2.24, 2.45) is 5.73 Å². The third-order valence-electron chi connectivity index (χ3n) is 4.80. The maximum absolute atomic E-state index is 13.6. The van der Waals surface area contributed by atoms with E-state index < -0.39 is 0 Å². The van der Waals surface area contributed by atoms with Crippen molar-refractivity contribution < 1.29 is 4.39 Å². The van der Waals surface area contributed by atoms with Gasteiger partial charge in [-0.25, -0.2) is 4.39 Å². The van der Waals surface area contributed by atoms with Gasteiger partial charge < -0.3 is 5.73 Å². The van der Waals surface area contributed by atoms with Crippen LogP contribution in [0.4, 0.5) is 4.39 Å². The zero-order valence-corrected chi connectivity index (χ0v) is 13.8. The molecule has 1 aliphatic rings. The van der Waals surface area contributed by atoms with Crippen LogP contribution in [0.1, 0.15) is 45.1 Å². The van der Waals surface area contributed by atoms with Crippen molar-refractivity contribution >= 4 is 11.6 Å². The highest BCUT2D eigenvalue weighted by Crippen LogP contribution is 2.27. The minimum absolute atomic E-state index is 0.0742. The normalized spacial score (nSPS) is 19.3. The summed E-state index contributed by atoms with van der Waals surface area (Å²) >= 11 is 6.06. The number of hydrogen-bond donors (Lipinski definition) is 1. The van der Waals surface area contributed by atoms with Gasteiger partial charge in [-0.15, -0.1) is 0 Å². The fraction of sp³-hybridized carbons (Fsp3) is 0.647. The van der Waals surface area contributed by atoms with Crippen LogP contribution in [-0.2, 0) is 6.42 Å². The summed E-state index contributed by atoms with van der Waals surface area (Å²) in [6, 6.07) is 4.87. The molecule has 0 aliphatic carbocycles. The Balaban J connectivity index is 2.10. The molecule has 0 amide bonds. The Morgan fingerprint density at radius 3 is 2.48 bits per heavy atom. The number of halogens is 2. The first-order chi connectivity index (χ1) is 9.93. The molecule has 1 aromatic rings. The molecule has 1 fully saturated rings. The van der Waals surface area contributed by atoms with Crippen LogP contribution in [0.5, 0.6) is 0 Å². The number of rotatable bonds is 4. The van der Waals surface area contributed by atoms with Gasteiger partial charge in [0.2, 0.25) is 0 Å². The Labute approximate surface area is 132 Å². The fourth-order valence-corrected chi connectivity index (χ4v) is 3.28. The molecule has 2 N–H and O–H groups in total. The van der Waals surface area contributed by atoms with Gasteiger partial charge in [-0.1, -0.05) is 36.6 Å². The second-order valence-electron chi connectivity index (χ2n) is 6.58. The molecule has 1 atom stereocenters. The molecule has 2 nitrogen and oxygen atoms in total. The Bertz CT molecular complexity index is 468. The highest BCUT2D eigenvalue weighted by atomic mass is 35.5. The highest BCUT2D eigenvalue weighted by Gasteiger charge is 2.33. The summed E-state index contributed by atoms with van der Waals surface area (Å²) in [5, 5.41) is 0.208. The molecule has 1 unspecified atom stereocenters.